The van der Waals surface area contributed by atoms with Crippen molar-refractivity contribution in [2.75, 3.05) is 67.7 Å². The Kier molecular flexibility index (Phi) is 13.5. The highest BCUT2D eigenvalue weighted by atomic mass is 32.2. The number of aromatic amines is 1. The molecule has 11 rings (SSSR count). The van der Waals surface area contributed by atoms with E-state index in [1.54, 1.807) is 19.1 Å². The summed E-state index contributed by atoms with van der Waals surface area (Å²) in [4.78, 5) is 40.3. The number of aliphatic hydroxyl groups is 1. The molecule has 6 heterocycles. The Labute approximate surface area is 430 Å². The molecule has 3 atom stereocenters. The number of halogens is 1. The van der Waals surface area contributed by atoms with Gasteiger partial charge in [-0.15, -0.1) is 0 Å². The van der Waals surface area contributed by atoms with Crippen LogP contribution in [0.4, 0.5) is 32.8 Å². The van der Waals surface area contributed by atoms with E-state index in [2.05, 4.69) is 41.9 Å². The van der Waals surface area contributed by atoms with E-state index in [0.717, 1.165) is 81.2 Å². The number of carbonyl (C=O) groups excluding carboxylic acids is 1. The molecular weight excluding hydrogens is 972 g/mol. The van der Waals surface area contributed by atoms with E-state index in [0.29, 0.717) is 63.0 Å². The fourth-order valence-electron chi connectivity index (χ4n) is 12.3. The average molecular weight is 1040 g/mol. The number of carbonyl (C=O) groups is 1. The molecular formula is C54H65FN8O10S. The van der Waals surface area contributed by atoms with Gasteiger partial charge >= 0.3 is 0 Å². The topological polar surface area (TPSA) is 214 Å². The fourth-order valence-corrected chi connectivity index (χ4v) is 13.3. The minimum atomic E-state index is -4.68. The van der Waals surface area contributed by atoms with Gasteiger partial charge in [0.2, 0.25) is 5.88 Å². The predicted molar refractivity (Wildman–Crippen MR) is 276 cm³/mol. The Balaban J connectivity index is 0.868. The number of ether oxygens (including phenoxy) is 4. The van der Waals surface area contributed by atoms with Gasteiger partial charge in [-0.3, -0.25) is 19.8 Å². The summed E-state index contributed by atoms with van der Waals surface area (Å²) in [5, 5.41) is 26.1. The summed E-state index contributed by atoms with van der Waals surface area (Å²) in [5.74, 6) is -0.203. The number of nitro benzene ring substituents is 1. The van der Waals surface area contributed by atoms with Crippen molar-refractivity contribution in [1.29, 1.82) is 0 Å². The van der Waals surface area contributed by atoms with Crippen LogP contribution in [0.25, 0.3) is 11.0 Å². The minimum Gasteiger partial charge on any atom is -0.491 e. The number of nitro groups is 1. The first kappa shape index (κ1) is 50.1. The number of hydrogen-bond acceptors (Lipinski definition) is 15. The number of fused-ring (bicyclic) bond motifs is 3. The van der Waals surface area contributed by atoms with Crippen LogP contribution in [0.5, 0.6) is 11.6 Å². The smallest absolute Gasteiger partial charge is 0.293 e. The van der Waals surface area contributed by atoms with Crippen LogP contribution < -0.4 is 29.3 Å². The summed E-state index contributed by atoms with van der Waals surface area (Å²) in [6.45, 7) is 10.6. The highest BCUT2D eigenvalue weighted by Crippen LogP contribution is 2.54. The minimum absolute atomic E-state index is 0.0139. The van der Waals surface area contributed by atoms with Gasteiger partial charge in [0.1, 0.15) is 34.7 Å². The van der Waals surface area contributed by atoms with E-state index in [1.807, 2.05) is 43.0 Å². The average Bonchev–Trinajstić information content (AvgIpc) is 3.74. The number of morpholine rings is 1. The molecule has 5 fully saturated rings. The lowest BCUT2D eigenvalue weighted by atomic mass is 9.59. The standard InChI is InChI=1S/C54H65FN8O10S/c1-33(2)72-48-7-5-4-6-38(48)47-31-71-23-21-61(47)36-27-54(28-36)17-19-60(20-18-54)35-8-10-39(44(24-35)62-43-14-22-70-32-49(43)73-52-46(62)26-40-41(55)30-57-50(40)58-52)51(64)59-74(68,69)37-9-11-42(45(25-37)63(66)67)56-29-34-12-15-53(3,65)16-13-34/h4-11,24-26,30,33-34,36,43,47,49,56,65H,12-23,27-29,31-32H2,1-3H3,(H,57,58)(H,59,64)/t34?,43-,47-,49-,53?/m0/s1. The molecule has 3 saturated heterocycles. The van der Waals surface area contributed by atoms with Crippen LogP contribution in [-0.4, -0.2) is 122 Å². The van der Waals surface area contributed by atoms with Gasteiger partial charge in [0.05, 0.1) is 70.1 Å². The van der Waals surface area contributed by atoms with Crippen LogP contribution >= 0.6 is 0 Å². The normalized spacial score (nSPS) is 25.2. The molecule has 394 valence electrons. The Hall–Kier alpha value is -6.06. The first-order chi connectivity index (χ1) is 35.5. The number of pyridine rings is 1. The molecule has 20 heteroatoms. The summed E-state index contributed by atoms with van der Waals surface area (Å²) >= 11 is 0. The van der Waals surface area contributed by atoms with Crippen LogP contribution in [0, 0.1) is 27.3 Å². The molecule has 18 nitrogen and oxygen atoms in total. The van der Waals surface area contributed by atoms with Crippen molar-refractivity contribution in [2.45, 2.75) is 119 Å². The molecule has 74 heavy (non-hydrogen) atoms. The van der Waals surface area contributed by atoms with Gasteiger partial charge in [0, 0.05) is 62.3 Å². The van der Waals surface area contributed by atoms with Crippen molar-refractivity contribution < 1.29 is 46.6 Å². The highest BCUT2D eigenvalue weighted by molar-refractivity contribution is 7.90. The maximum absolute atomic E-state index is 15.3. The number of amides is 1. The fraction of sp³-hybridized carbons (Fsp3) is 0.519. The maximum Gasteiger partial charge on any atom is 0.293 e. The molecule has 6 aliphatic rings. The number of piperidine rings is 1. The van der Waals surface area contributed by atoms with Gasteiger partial charge in [0.25, 0.3) is 21.6 Å². The lowest BCUT2D eigenvalue weighted by Crippen LogP contribution is -2.57. The Bertz CT molecular complexity index is 3040. The van der Waals surface area contributed by atoms with Crippen molar-refractivity contribution in [3.05, 3.63) is 100.0 Å². The molecule has 4 aliphatic heterocycles. The lowest BCUT2D eigenvalue weighted by Gasteiger charge is -2.57. The van der Waals surface area contributed by atoms with Gasteiger partial charge < -0.3 is 44.2 Å². The van der Waals surface area contributed by atoms with Crippen LogP contribution in [0.3, 0.4) is 0 Å². The van der Waals surface area contributed by atoms with Crippen LogP contribution in [0.15, 0.2) is 77.8 Å². The Morgan fingerprint density at radius 1 is 0.986 bits per heavy atom. The van der Waals surface area contributed by atoms with E-state index in [-0.39, 0.29) is 58.2 Å². The van der Waals surface area contributed by atoms with Crippen molar-refractivity contribution in [2.24, 2.45) is 11.3 Å². The van der Waals surface area contributed by atoms with Gasteiger partial charge in [-0.25, -0.2) is 17.5 Å². The molecule has 0 radical (unpaired) electrons. The molecule has 1 amide bonds. The second-order valence-electron chi connectivity index (χ2n) is 21.8. The first-order valence-electron chi connectivity index (χ1n) is 26.0. The van der Waals surface area contributed by atoms with E-state index >= 15 is 4.39 Å². The molecule has 2 aliphatic carbocycles. The third-order valence-electron chi connectivity index (χ3n) is 16.4. The van der Waals surface area contributed by atoms with Crippen LogP contribution in [-0.2, 0) is 19.5 Å². The number of rotatable bonds is 13. The summed E-state index contributed by atoms with van der Waals surface area (Å²) in [6.07, 6.45) is 8.00. The largest absolute Gasteiger partial charge is 0.491 e. The highest BCUT2D eigenvalue weighted by Gasteiger charge is 2.50. The van der Waals surface area contributed by atoms with Crippen molar-refractivity contribution >= 4 is 55.4 Å². The number of H-pyrrole nitrogens is 1. The summed E-state index contributed by atoms with van der Waals surface area (Å²) < 4.78 is 70.5. The zero-order chi connectivity index (χ0) is 51.5. The maximum atomic E-state index is 15.3. The summed E-state index contributed by atoms with van der Waals surface area (Å²) in [5.41, 5.74) is 2.19. The Morgan fingerprint density at radius 3 is 2.53 bits per heavy atom. The zero-order valence-electron chi connectivity index (χ0n) is 42.1. The third-order valence-corrected chi connectivity index (χ3v) is 17.8. The Morgan fingerprint density at radius 2 is 1.76 bits per heavy atom. The molecule has 2 saturated carbocycles. The van der Waals surface area contributed by atoms with Gasteiger partial charge in [-0.05, 0) is 132 Å². The van der Waals surface area contributed by atoms with Crippen molar-refractivity contribution in [3.8, 4) is 11.6 Å². The number of para-hydroxylation sites is 1. The number of benzene rings is 3. The molecule has 4 N–H and O–H groups in total. The van der Waals surface area contributed by atoms with Gasteiger partial charge in [-0.2, -0.15) is 4.98 Å². The number of nitrogens with one attached hydrogen (secondary N) is 3. The SMILES string of the molecule is CC(C)Oc1ccccc1[C@@H]1COCCN1C1CC2(CCN(c3ccc(C(=O)NS(=O)(=O)c4ccc(NCC5CCC(C)(O)CC5)c([N+](=O)[O-])c4)c(N4c5cc6c(F)c[nH]c6nc5O[C@H]5COCC[C@@H]54)c3)CC2)C1. The number of hydrogen-bond donors (Lipinski definition) is 4. The molecule has 5 aromatic rings. The first-order valence-corrected chi connectivity index (χ1v) is 27.5. The summed E-state index contributed by atoms with van der Waals surface area (Å²) in [7, 11) is -4.68. The summed E-state index contributed by atoms with van der Waals surface area (Å²) in [6, 6.07) is 18.9. The molecule has 0 bridgehead atoms. The van der Waals surface area contributed by atoms with E-state index in [9.17, 15) is 28.4 Å². The van der Waals surface area contributed by atoms with E-state index in [4.69, 9.17) is 18.9 Å². The number of aromatic nitrogens is 2. The molecule has 0 unspecified atom stereocenters. The van der Waals surface area contributed by atoms with Crippen LogP contribution in [0.2, 0.25) is 0 Å². The quantitative estimate of drug-likeness (QED) is 0.0644. The lowest BCUT2D eigenvalue weighted by molar-refractivity contribution is -0.384. The molecule has 3 aromatic carbocycles. The van der Waals surface area contributed by atoms with E-state index in [1.165, 1.54) is 18.3 Å². The zero-order valence-corrected chi connectivity index (χ0v) is 42.9. The third kappa shape index (κ3) is 9.86. The van der Waals surface area contributed by atoms with Gasteiger partial charge in [-0.1, -0.05) is 18.2 Å². The number of sulfonamides is 1. The number of nitrogens with zero attached hydrogens (tertiary/aromatic N) is 5. The number of anilines is 4. The second-order valence-corrected chi connectivity index (χ2v) is 23.5. The van der Waals surface area contributed by atoms with Gasteiger partial charge in [0.15, 0.2) is 0 Å². The van der Waals surface area contributed by atoms with Crippen molar-refractivity contribution in [1.82, 2.24) is 19.6 Å². The van der Waals surface area contributed by atoms with Crippen molar-refractivity contribution in [3.63, 3.8) is 0 Å². The van der Waals surface area contributed by atoms with E-state index < -0.39 is 55.0 Å². The monoisotopic (exact) mass is 1040 g/mol. The molecule has 1 spiro atoms. The molecule has 2 aromatic heterocycles. The predicted octanol–water partition coefficient (Wildman–Crippen LogP) is 8.38. The second kappa shape index (κ2) is 19.9. The van der Waals surface area contributed by atoms with Crippen LogP contribution in [0.1, 0.15) is 101 Å².